The van der Waals surface area contributed by atoms with Gasteiger partial charge >= 0.3 is 0 Å². The Morgan fingerprint density at radius 3 is 2.96 bits per heavy atom. The summed E-state index contributed by atoms with van der Waals surface area (Å²) in [5.74, 6) is 0.739. The van der Waals surface area contributed by atoms with Gasteiger partial charge in [-0.25, -0.2) is 4.98 Å². The molecular formula is C19H17N3O4. The number of rotatable bonds is 4. The van der Waals surface area contributed by atoms with Crippen molar-refractivity contribution >= 4 is 34.3 Å². The molecule has 0 spiro atoms. The molecule has 1 aromatic heterocycles. The molecule has 7 heteroatoms. The highest BCUT2D eigenvalue weighted by molar-refractivity contribution is 5.99. The van der Waals surface area contributed by atoms with Crippen LogP contribution in [0.25, 0.3) is 11.1 Å². The van der Waals surface area contributed by atoms with Gasteiger partial charge in [-0.1, -0.05) is 12.1 Å². The standard InChI is InChI=1S/C19H17N3O4/c1-11-19(24)22-14-10-12(6-7-16(14)25-11)20-17(23)8-9-18-21-13-4-2-3-5-15(13)26-18/h2-7,10-11H,8-9H2,1H3,(H,20,23)(H,22,24)/t11-/m0/s1. The number of nitrogens with zero attached hydrogens (tertiary/aromatic N) is 1. The van der Waals surface area contributed by atoms with Gasteiger partial charge in [-0.15, -0.1) is 0 Å². The van der Waals surface area contributed by atoms with Crippen LogP contribution in [0.3, 0.4) is 0 Å². The number of anilines is 2. The van der Waals surface area contributed by atoms with Crippen LogP contribution in [0, 0.1) is 0 Å². The van der Waals surface area contributed by atoms with E-state index in [4.69, 9.17) is 9.15 Å². The second-order valence-corrected chi connectivity index (χ2v) is 6.08. The molecule has 26 heavy (non-hydrogen) atoms. The summed E-state index contributed by atoms with van der Waals surface area (Å²) >= 11 is 0. The number of aryl methyl sites for hydroxylation is 1. The number of benzene rings is 2. The van der Waals surface area contributed by atoms with Crippen LogP contribution in [0.4, 0.5) is 11.4 Å². The molecular weight excluding hydrogens is 334 g/mol. The maximum absolute atomic E-state index is 12.2. The number of hydrogen-bond acceptors (Lipinski definition) is 5. The van der Waals surface area contributed by atoms with Crippen LogP contribution in [0.15, 0.2) is 46.9 Å². The lowest BCUT2D eigenvalue weighted by Crippen LogP contribution is -2.34. The molecule has 3 aromatic rings. The third-order valence-electron chi connectivity index (χ3n) is 4.10. The maximum atomic E-state index is 12.2. The highest BCUT2D eigenvalue weighted by Crippen LogP contribution is 2.32. The van der Waals surface area contributed by atoms with Gasteiger partial charge < -0.3 is 19.8 Å². The maximum Gasteiger partial charge on any atom is 0.265 e. The van der Waals surface area contributed by atoms with Crippen molar-refractivity contribution in [2.45, 2.75) is 25.9 Å². The van der Waals surface area contributed by atoms with Gasteiger partial charge in [-0.05, 0) is 37.3 Å². The molecule has 2 aromatic carbocycles. The van der Waals surface area contributed by atoms with Crippen molar-refractivity contribution in [3.8, 4) is 5.75 Å². The Labute approximate surface area is 149 Å². The van der Waals surface area contributed by atoms with E-state index in [0.29, 0.717) is 35.0 Å². The summed E-state index contributed by atoms with van der Waals surface area (Å²) in [4.78, 5) is 28.2. The fourth-order valence-corrected chi connectivity index (χ4v) is 2.76. The molecule has 1 aliphatic rings. The first kappa shape index (κ1) is 16.1. The smallest absolute Gasteiger partial charge is 0.265 e. The lowest BCUT2D eigenvalue weighted by Gasteiger charge is -2.23. The van der Waals surface area contributed by atoms with E-state index in [1.54, 1.807) is 25.1 Å². The quantitative estimate of drug-likeness (QED) is 0.753. The predicted octanol–water partition coefficient (Wildman–Crippen LogP) is 3.12. The fraction of sp³-hybridized carbons (Fsp3) is 0.211. The van der Waals surface area contributed by atoms with E-state index in [1.807, 2.05) is 24.3 Å². The van der Waals surface area contributed by atoms with Crippen LogP contribution in [-0.4, -0.2) is 22.9 Å². The molecule has 2 amide bonds. The molecule has 0 bridgehead atoms. The van der Waals surface area contributed by atoms with Crippen LogP contribution in [0.2, 0.25) is 0 Å². The Hall–Kier alpha value is -3.35. The molecule has 0 unspecified atom stereocenters. The van der Waals surface area contributed by atoms with Crippen molar-refractivity contribution in [2.24, 2.45) is 0 Å². The topological polar surface area (TPSA) is 93.5 Å². The average Bonchev–Trinajstić information content (AvgIpc) is 3.04. The lowest BCUT2D eigenvalue weighted by molar-refractivity contribution is -0.122. The van der Waals surface area contributed by atoms with E-state index in [0.717, 1.165) is 5.52 Å². The highest BCUT2D eigenvalue weighted by atomic mass is 16.5. The van der Waals surface area contributed by atoms with Crippen molar-refractivity contribution in [2.75, 3.05) is 10.6 Å². The van der Waals surface area contributed by atoms with Gasteiger partial charge in [0.15, 0.2) is 17.6 Å². The molecule has 132 valence electrons. The average molecular weight is 351 g/mol. The second kappa shape index (κ2) is 6.51. The zero-order valence-corrected chi connectivity index (χ0v) is 14.1. The number of amides is 2. The Morgan fingerprint density at radius 2 is 2.12 bits per heavy atom. The summed E-state index contributed by atoms with van der Waals surface area (Å²) in [6.45, 7) is 1.68. The molecule has 1 aliphatic heterocycles. The van der Waals surface area contributed by atoms with E-state index in [2.05, 4.69) is 15.6 Å². The van der Waals surface area contributed by atoms with Gasteiger partial charge in [0.2, 0.25) is 5.91 Å². The zero-order valence-electron chi connectivity index (χ0n) is 14.1. The number of nitrogens with one attached hydrogen (secondary N) is 2. The predicted molar refractivity (Wildman–Crippen MR) is 96.1 cm³/mol. The molecule has 0 radical (unpaired) electrons. The molecule has 1 atom stereocenters. The highest BCUT2D eigenvalue weighted by Gasteiger charge is 2.23. The molecule has 0 saturated carbocycles. The summed E-state index contributed by atoms with van der Waals surface area (Å²) in [7, 11) is 0. The summed E-state index contributed by atoms with van der Waals surface area (Å²) in [5.41, 5.74) is 2.62. The number of carbonyl (C=O) groups is 2. The van der Waals surface area contributed by atoms with Gasteiger partial charge in [-0.3, -0.25) is 9.59 Å². The molecule has 2 heterocycles. The van der Waals surface area contributed by atoms with E-state index in [1.165, 1.54) is 0 Å². The zero-order chi connectivity index (χ0) is 18.1. The largest absolute Gasteiger partial charge is 0.479 e. The van der Waals surface area contributed by atoms with Crippen LogP contribution < -0.4 is 15.4 Å². The molecule has 4 rings (SSSR count). The normalized spacial score (nSPS) is 15.9. The van der Waals surface area contributed by atoms with Crippen molar-refractivity contribution in [3.05, 3.63) is 48.4 Å². The lowest BCUT2D eigenvalue weighted by atomic mass is 10.2. The minimum atomic E-state index is -0.528. The van der Waals surface area contributed by atoms with E-state index in [-0.39, 0.29) is 18.2 Å². The van der Waals surface area contributed by atoms with Gasteiger partial charge in [-0.2, -0.15) is 0 Å². The van der Waals surface area contributed by atoms with Gasteiger partial charge in [0, 0.05) is 18.5 Å². The Morgan fingerprint density at radius 1 is 1.27 bits per heavy atom. The summed E-state index contributed by atoms with van der Waals surface area (Å²) in [6, 6.07) is 12.6. The number of aromatic nitrogens is 1. The number of carbonyl (C=O) groups excluding carboxylic acids is 2. The van der Waals surface area contributed by atoms with Crippen molar-refractivity contribution in [3.63, 3.8) is 0 Å². The first-order valence-corrected chi connectivity index (χ1v) is 8.34. The van der Waals surface area contributed by atoms with Crippen molar-refractivity contribution in [1.82, 2.24) is 4.98 Å². The molecule has 0 fully saturated rings. The monoisotopic (exact) mass is 351 g/mol. The van der Waals surface area contributed by atoms with E-state index in [9.17, 15) is 9.59 Å². The van der Waals surface area contributed by atoms with Crippen LogP contribution in [0.5, 0.6) is 5.75 Å². The first-order valence-electron chi connectivity index (χ1n) is 8.34. The summed E-state index contributed by atoms with van der Waals surface area (Å²) in [5, 5.41) is 5.56. The van der Waals surface area contributed by atoms with Gasteiger partial charge in [0.05, 0.1) is 5.69 Å². The van der Waals surface area contributed by atoms with E-state index >= 15 is 0 Å². The van der Waals surface area contributed by atoms with Gasteiger partial charge in [0.1, 0.15) is 11.3 Å². The summed E-state index contributed by atoms with van der Waals surface area (Å²) in [6.07, 6.45) is 0.117. The number of para-hydroxylation sites is 2. The number of ether oxygens (including phenoxy) is 1. The Bertz CT molecular complexity index is 962. The van der Waals surface area contributed by atoms with Crippen LogP contribution >= 0.6 is 0 Å². The first-order chi connectivity index (χ1) is 12.6. The SMILES string of the molecule is C[C@@H]1Oc2ccc(NC(=O)CCc3nc4ccccc4o3)cc2NC1=O. The number of hydrogen-bond donors (Lipinski definition) is 2. The van der Waals surface area contributed by atoms with Crippen LogP contribution in [0.1, 0.15) is 19.2 Å². The second-order valence-electron chi connectivity index (χ2n) is 6.08. The minimum Gasteiger partial charge on any atom is -0.479 e. The van der Waals surface area contributed by atoms with E-state index < -0.39 is 6.10 Å². The molecule has 2 N–H and O–H groups in total. The Kier molecular flexibility index (Phi) is 4.04. The summed E-state index contributed by atoms with van der Waals surface area (Å²) < 4.78 is 11.1. The fourth-order valence-electron chi connectivity index (χ4n) is 2.76. The van der Waals surface area contributed by atoms with Crippen molar-refractivity contribution in [1.29, 1.82) is 0 Å². The molecule has 7 nitrogen and oxygen atoms in total. The Balaban J connectivity index is 1.39. The number of fused-ring (bicyclic) bond motifs is 2. The minimum absolute atomic E-state index is 0.163. The third kappa shape index (κ3) is 3.23. The molecule has 0 saturated heterocycles. The van der Waals surface area contributed by atoms with Crippen molar-refractivity contribution < 1.29 is 18.7 Å². The van der Waals surface area contributed by atoms with Crippen LogP contribution in [-0.2, 0) is 16.0 Å². The number of oxazole rings is 1. The third-order valence-corrected chi connectivity index (χ3v) is 4.10. The molecule has 0 aliphatic carbocycles. The van der Waals surface area contributed by atoms with Gasteiger partial charge in [0.25, 0.3) is 5.91 Å².